The molecule has 1 heterocycles. The molecule has 1 rings (SSSR count). The quantitative estimate of drug-likeness (QED) is 0.709. The maximum atomic E-state index is 9.48. The fraction of sp³-hybridized carbons (Fsp3) is 1.00. The lowest BCUT2D eigenvalue weighted by Crippen LogP contribution is -2.53. The first-order valence-corrected chi connectivity index (χ1v) is 5.60. The van der Waals surface area contributed by atoms with E-state index >= 15 is 0 Å². The van der Waals surface area contributed by atoms with Crippen molar-refractivity contribution >= 4 is 0 Å². The Morgan fingerprint density at radius 1 is 1.43 bits per heavy atom. The smallest absolute Gasteiger partial charge is 0.0541 e. The van der Waals surface area contributed by atoms with Gasteiger partial charge in [-0.2, -0.15) is 0 Å². The summed E-state index contributed by atoms with van der Waals surface area (Å²) in [6, 6.07) is 0. The summed E-state index contributed by atoms with van der Waals surface area (Å²) in [4.78, 5) is 2.44. The molecule has 0 bridgehead atoms. The number of aliphatic hydroxyl groups is 1. The Balaban J connectivity index is 2.43. The van der Waals surface area contributed by atoms with E-state index in [2.05, 4.69) is 18.7 Å². The van der Waals surface area contributed by atoms with E-state index in [0.29, 0.717) is 12.5 Å². The molecule has 0 saturated carbocycles. The Labute approximate surface area is 87.3 Å². The Hall–Kier alpha value is -0.120. The molecular formula is C11H24N2O. The predicted molar refractivity (Wildman–Crippen MR) is 59.1 cm³/mol. The van der Waals surface area contributed by atoms with Crippen molar-refractivity contribution in [3.63, 3.8) is 0 Å². The highest BCUT2D eigenvalue weighted by atomic mass is 16.3. The van der Waals surface area contributed by atoms with Crippen molar-refractivity contribution in [2.75, 3.05) is 19.6 Å². The highest BCUT2D eigenvalue weighted by Gasteiger charge is 2.30. The third-order valence-electron chi connectivity index (χ3n) is 3.58. The lowest BCUT2D eigenvalue weighted by atomic mass is 9.89. The molecule has 0 radical (unpaired) electrons. The first kappa shape index (κ1) is 12.0. The number of aliphatic hydroxyl groups excluding tert-OH is 1. The topological polar surface area (TPSA) is 49.5 Å². The Morgan fingerprint density at radius 3 is 2.29 bits per heavy atom. The van der Waals surface area contributed by atoms with Crippen molar-refractivity contribution in [2.45, 2.75) is 45.3 Å². The van der Waals surface area contributed by atoms with Gasteiger partial charge in [-0.25, -0.2) is 0 Å². The van der Waals surface area contributed by atoms with Gasteiger partial charge in [0.15, 0.2) is 0 Å². The molecule has 1 aliphatic heterocycles. The zero-order valence-corrected chi connectivity index (χ0v) is 9.66. The molecule has 1 fully saturated rings. The molecule has 3 N–H and O–H groups in total. The molecule has 3 nitrogen and oxygen atoms in total. The van der Waals surface area contributed by atoms with Gasteiger partial charge in [-0.1, -0.05) is 0 Å². The Morgan fingerprint density at radius 2 is 1.93 bits per heavy atom. The average Bonchev–Trinajstić information content (AvgIpc) is 2.18. The maximum Gasteiger partial charge on any atom is 0.0541 e. The second-order valence-corrected chi connectivity index (χ2v) is 5.08. The fourth-order valence-corrected chi connectivity index (χ4v) is 2.12. The minimum absolute atomic E-state index is 0.115. The van der Waals surface area contributed by atoms with Crippen LogP contribution in [-0.2, 0) is 0 Å². The van der Waals surface area contributed by atoms with E-state index in [9.17, 15) is 5.11 Å². The number of nitrogens with two attached hydrogens (primary N) is 1. The number of nitrogens with zero attached hydrogens (tertiary/aromatic N) is 1. The Kier molecular flexibility index (Phi) is 3.93. The largest absolute Gasteiger partial charge is 0.393 e. The lowest BCUT2D eigenvalue weighted by molar-refractivity contribution is 0.0331. The van der Waals surface area contributed by atoms with Crippen LogP contribution in [0.2, 0.25) is 0 Å². The summed E-state index contributed by atoms with van der Waals surface area (Å²) < 4.78 is 0. The van der Waals surface area contributed by atoms with Gasteiger partial charge in [-0.05, 0) is 52.6 Å². The van der Waals surface area contributed by atoms with Crippen LogP contribution in [-0.4, -0.2) is 41.3 Å². The van der Waals surface area contributed by atoms with Gasteiger partial charge < -0.3 is 10.8 Å². The van der Waals surface area contributed by atoms with E-state index in [0.717, 1.165) is 25.9 Å². The van der Waals surface area contributed by atoms with Crippen LogP contribution in [0.5, 0.6) is 0 Å². The molecule has 0 aliphatic carbocycles. The van der Waals surface area contributed by atoms with Gasteiger partial charge in [-0.3, -0.25) is 4.90 Å². The molecule has 0 aromatic carbocycles. The molecule has 0 amide bonds. The predicted octanol–water partition coefficient (Wildman–Crippen LogP) is 0.816. The van der Waals surface area contributed by atoms with Crippen molar-refractivity contribution in [1.82, 2.24) is 4.90 Å². The zero-order valence-electron chi connectivity index (χ0n) is 9.66. The van der Waals surface area contributed by atoms with Gasteiger partial charge in [0.1, 0.15) is 0 Å². The van der Waals surface area contributed by atoms with Crippen LogP contribution in [0.4, 0.5) is 0 Å². The standard InChI is InChI=1S/C11H24N2O/c1-9(14)10-4-6-13(7-5-10)11(2,3)8-12/h9-10,14H,4-8,12H2,1-3H3. The molecule has 3 heteroatoms. The summed E-state index contributed by atoms with van der Waals surface area (Å²) in [5.41, 5.74) is 5.86. The van der Waals surface area contributed by atoms with E-state index in [-0.39, 0.29) is 11.6 Å². The normalized spacial score (nSPS) is 23.8. The van der Waals surface area contributed by atoms with Gasteiger partial charge >= 0.3 is 0 Å². The first-order valence-electron chi connectivity index (χ1n) is 5.60. The highest BCUT2D eigenvalue weighted by molar-refractivity contribution is 4.86. The van der Waals surface area contributed by atoms with Crippen molar-refractivity contribution in [2.24, 2.45) is 11.7 Å². The van der Waals surface area contributed by atoms with Crippen molar-refractivity contribution in [1.29, 1.82) is 0 Å². The molecule has 0 spiro atoms. The van der Waals surface area contributed by atoms with E-state index in [1.807, 2.05) is 6.92 Å². The first-order chi connectivity index (χ1) is 6.47. The number of rotatable bonds is 3. The highest BCUT2D eigenvalue weighted by Crippen LogP contribution is 2.25. The van der Waals surface area contributed by atoms with Crippen LogP contribution in [0.1, 0.15) is 33.6 Å². The third-order valence-corrected chi connectivity index (χ3v) is 3.58. The molecule has 0 aromatic rings. The number of hydrogen-bond donors (Lipinski definition) is 2. The summed E-state index contributed by atoms with van der Waals surface area (Å²) in [5, 5.41) is 9.48. The SMILES string of the molecule is CC(O)C1CCN(C(C)(C)CN)CC1. The molecule has 0 aromatic heterocycles. The zero-order chi connectivity index (χ0) is 10.8. The molecule has 1 saturated heterocycles. The molecule has 14 heavy (non-hydrogen) atoms. The number of likely N-dealkylation sites (tertiary alicyclic amines) is 1. The number of piperidine rings is 1. The van der Waals surface area contributed by atoms with E-state index in [1.165, 1.54) is 0 Å². The van der Waals surface area contributed by atoms with Crippen LogP contribution < -0.4 is 5.73 Å². The average molecular weight is 200 g/mol. The summed E-state index contributed by atoms with van der Waals surface area (Å²) in [6.07, 6.45) is 2.04. The summed E-state index contributed by atoms with van der Waals surface area (Å²) >= 11 is 0. The van der Waals surface area contributed by atoms with Gasteiger partial charge in [0.2, 0.25) is 0 Å². The van der Waals surface area contributed by atoms with Crippen LogP contribution in [0, 0.1) is 5.92 Å². The van der Waals surface area contributed by atoms with E-state index in [4.69, 9.17) is 5.73 Å². The third kappa shape index (κ3) is 2.69. The van der Waals surface area contributed by atoms with Crippen molar-refractivity contribution in [3.8, 4) is 0 Å². The van der Waals surface area contributed by atoms with Crippen LogP contribution in [0.15, 0.2) is 0 Å². The van der Waals surface area contributed by atoms with E-state index < -0.39 is 0 Å². The maximum absolute atomic E-state index is 9.48. The minimum atomic E-state index is -0.155. The van der Waals surface area contributed by atoms with Gasteiger partial charge in [0.05, 0.1) is 6.10 Å². The minimum Gasteiger partial charge on any atom is -0.393 e. The molecule has 84 valence electrons. The summed E-state index contributed by atoms with van der Waals surface area (Å²) in [6.45, 7) is 9.12. The van der Waals surface area contributed by atoms with Gasteiger partial charge in [0, 0.05) is 12.1 Å². The van der Waals surface area contributed by atoms with Crippen LogP contribution in [0.25, 0.3) is 0 Å². The second kappa shape index (κ2) is 4.60. The van der Waals surface area contributed by atoms with Crippen LogP contribution in [0.3, 0.4) is 0 Å². The van der Waals surface area contributed by atoms with E-state index in [1.54, 1.807) is 0 Å². The summed E-state index contributed by atoms with van der Waals surface area (Å²) in [7, 11) is 0. The number of hydrogen-bond acceptors (Lipinski definition) is 3. The lowest BCUT2D eigenvalue weighted by Gasteiger charge is -2.42. The second-order valence-electron chi connectivity index (χ2n) is 5.08. The summed E-state index contributed by atoms with van der Waals surface area (Å²) in [5.74, 6) is 0.486. The molecule has 1 atom stereocenters. The van der Waals surface area contributed by atoms with Crippen molar-refractivity contribution in [3.05, 3.63) is 0 Å². The monoisotopic (exact) mass is 200 g/mol. The Bertz CT molecular complexity index is 172. The molecular weight excluding hydrogens is 176 g/mol. The van der Waals surface area contributed by atoms with Crippen LogP contribution >= 0.6 is 0 Å². The van der Waals surface area contributed by atoms with Gasteiger partial charge in [0.25, 0.3) is 0 Å². The fourth-order valence-electron chi connectivity index (χ4n) is 2.12. The van der Waals surface area contributed by atoms with Gasteiger partial charge in [-0.15, -0.1) is 0 Å². The molecule has 1 aliphatic rings. The van der Waals surface area contributed by atoms with Crippen molar-refractivity contribution < 1.29 is 5.11 Å². The molecule has 1 unspecified atom stereocenters.